The zero-order valence-corrected chi connectivity index (χ0v) is 12.2. The monoisotopic (exact) mass is 279 g/mol. The molecule has 6 nitrogen and oxygen atoms in total. The molecule has 0 aliphatic heterocycles. The van der Waals surface area contributed by atoms with Gasteiger partial charge in [0.25, 0.3) is 5.69 Å². The molecule has 6 heteroatoms. The number of nitro benzene ring substituents is 1. The number of benzene rings is 1. The number of nitrogens with zero attached hydrogens (tertiary/aromatic N) is 3. The Morgan fingerprint density at radius 3 is 2.50 bits per heavy atom. The van der Waals surface area contributed by atoms with Crippen LogP contribution in [-0.4, -0.2) is 49.8 Å². The molecule has 0 aliphatic rings. The van der Waals surface area contributed by atoms with Crippen molar-refractivity contribution in [3.63, 3.8) is 0 Å². The van der Waals surface area contributed by atoms with Crippen LogP contribution in [0.25, 0.3) is 0 Å². The predicted molar refractivity (Wildman–Crippen MR) is 79.5 cm³/mol. The van der Waals surface area contributed by atoms with Crippen LogP contribution in [0.15, 0.2) is 18.2 Å². The van der Waals surface area contributed by atoms with Gasteiger partial charge in [-0.1, -0.05) is 0 Å². The predicted octanol–water partition coefficient (Wildman–Crippen LogP) is 2.19. The normalized spacial score (nSPS) is 10.6. The van der Waals surface area contributed by atoms with Gasteiger partial charge in [-0.2, -0.15) is 0 Å². The zero-order chi connectivity index (χ0) is 15.1. The van der Waals surface area contributed by atoms with Crippen LogP contribution in [0.3, 0.4) is 0 Å². The molecule has 1 aromatic rings. The van der Waals surface area contributed by atoms with E-state index in [0.29, 0.717) is 6.29 Å². The lowest BCUT2D eigenvalue weighted by atomic mass is 10.1. The van der Waals surface area contributed by atoms with E-state index in [4.69, 9.17) is 0 Å². The number of nitro groups is 1. The fourth-order valence-electron chi connectivity index (χ4n) is 2.05. The van der Waals surface area contributed by atoms with E-state index in [9.17, 15) is 14.9 Å². The van der Waals surface area contributed by atoms with E-state index >= 15 is 0 Å². The molecule has 0 amide bonds. The molecule has 0 spiro atoms. The molecule has 0 unspecified atom stereocenters. The molecule has 110 valence electrons. The van der Waals surface area contributed by atoms with Gasteiger partial charge in [0.05, 0.1) is 10.5 Å². The SMILES string of the molecule is CCN(CCCN(C)C)c1ccc([N+](=O)[O-])c(C=O)c1. The van der Waals surface area contributed by atoms with E-state index in [1.165, 1.54) is 6.07 Å². The maximum atomic E-state index is 11.0. The Bertz CT molecular complexity index is 475. The summed E-state index contributed by atoms with van der Waals surface area (Å²) in [6.07, 6.45) is 1.53. The molecule has 0 saturated heterocycles. The third-order valence-electron chi connectivity index (χ3n) is 3.12. The van der Waals surface area contributed by atoms with Crippen molar-refractivity contribution in [1.82, 2.24) is 4.90 Å². The van der Waals surface area contributed by atoms with Crippen molar-refractivity contribution < 1.29 is 9.72 Å². The summed E-state index contributed by atoms with van der Waals surface area (Å²) in [5.41, 5.74) is 0.825. The smallest absolute Gasteiger partial charge is 0.280 e. The highest BCUT2D eigenvalue weighted by molar-refractivity contribution is 5.83. The minimum atomic E-state index is -0.532. The second kappa shape index (κ2) is 7.59. The number of carbonyl (C=O) groups is 1. The van der Waals surface area contributed by atoms with Gasteiger partial charge in [0, 0.05) is 24.8 Å². The van der Waals surface area contributed by atoms with Crippen LogP contribution in [-0.2, 0) is 0 Å². The third-order valence-corrected chi connectivity index (χ3v) is 3.12. The van der Waals surface area contributed by atoms with Crippen LogP contribution < -0.4 is 4.90 Å². The molecule has 0 bridgehead atoms. The van der Waals surface area contributed by atoms with Crippen LogP contribution in [0.1, 0.15) is 23.7 Å². The molecule has 0 heterocycles. The largest absolute Gasteiger partial charge is 0.372 e. The summed E-state index contributed by atoms with van der Waals surface area (Å²) in [4.78, 5) is 25.5. The second-order valence-electron chi connectivity index (χ2n) is 4.85. The molecule has 0 atom stereocenters. The molecule has 0 N–H and O–H groups in total. The average Bonchev–Trinajstić information content (AvgIpc) is 2.42. The quantitative estimate of drug-likeness (QED) is 0.414. The van der Waals surface area contributed by atoms with E-state index in [1.54, 1.807) is 12.1 Å². The Labute approximate surface area is 119 Å². The summed E-state index contributed by atoms with van der Waals surface area (Å²) >= 11 is 0. The van der Waals surface area contributed by atoms with Gasteiger partial charge >= 0.3 is 0 Å². The van der Waals surface area contributed by atoms with Gasteiger partial charge in [0.15, 0.2) is 6.29 Å². The van der Waals surface area contributed by atoms with E-state index in [2.05, 4.69) is 9.80 Å². The van der Waals surface area contributed by atoms with E-state index < -0.39 is 4.92 Å². The standard InChI is InChI=1S/C14H21N3O3/c1-4-16(9-5-8-15(2)3)13-6-7-14(17(19)20)12(10-13)11-18/h6-7,10-11H,4-5,8-9H2,1-3H3. The highest BCUT2D eigenvalue weighted by atomic mass is 16.6. The third kappa shape index (κ3) is 4.31. The molecule has 0 radical (unpaired) electrons. The summed E-state index contributed by atoms with van der Waals surface area (Å²) in [6, 6.07) is 4.68. The van der Waals surface area contributed by atoms with Gasteiger partial charge in [-0.3, -0.25) is 14.9 Å². The topological polar surface area (TPSA) is 66.7 Å². The lowest BCUT2D eigenvalue weighted by Gasteiger charge is -2.24. The van der Waals surface area contributed by atoms with Crippen LogP contribution in [0.4, 0.5) is 11.4 Å². The Morgan fingerprint density at radius 1 is 1.30 bits per heavy atom. The Morgan fingerprint density at radius 2 is 2.00 bits per heavy atom. The Hall–Kier alpha value is -1.95. The first-order chi connectivity index (χ1) is 9.49. The van der Waals surface area contributed by atoms with Gasteiger partial charge in [-0.25, -0.2) is 0 Å². The average molecular weight is 279 g/mol. The van der Waals surface area contributed by atoms with Crippen molar-refractivity contribution >= 4 is 17.7 Å². The summed E-state index contributed by atoms with van der Waals surface area (Å²) in [7, 11) is 4.04. The fraction of sp³-hybridized carbons (Fsp3) is 0.500. The molecule has 0 aromatic heterocycles. The lowest BCUT2D eigenvalue weighted by molar-refractivity contribution is -0.385. The minimum Gasteiger partial charge on any atom is -0.372 e. The Kier molecular flexibility index (Phi) is 6.11. The van der Waals surface area contributed by atoms with Gasteiger partial charge in [-0.15, -0.1) is 0 Å². The molecular formula is C14H21N3O3. The van der Waals surface area contributed by atoms with E-state index in [-0.39, 0.29) is 11.3 Å². The van der Waals surface area contributed by atoms with Gasteiger partial charge < -0.3 is 9.80 Å². The molecule has 1 aromatic carbocycles. The molecule has 0 fully saturated rings. The number of rotatable bonds is 8. The van der Waals surface area contributed by atoms with Gasteiger partial charge in [-0.05, 0) is 46.1 Å². The summed E-state index contributed by atoms with van der Waals surface area (Å²) in [5.74, 6) is 0. The number of aldehydes is 1. The van der Waals surface area contributed by atoms with Crippen LogP contribution in [0.5, 0.6) is 0 Å². The number of hydrogen-bond donors (Lipinski definition) is 0. The minimum absolute atomic E-state index is 0.124. The molecule has 1 rings (SSSR count). The first-order valence-corrected chi connectivity index (χ1v) is 6.62. The molecule has 20 heavy (non-hydrogen) atoms. The maximum Gasteiger partial charge on any atom is 0.280 e. The van der Waals surface area contributed by atoms with Crippen molar-refractivity contribution in [3.8, 4) is 0 Å². The number of hydrogen-bond acceptors (Lipinski definition) is 5. The molecule has 0 aliphatic carbocycles. The first-order valence-electron chi connectivity index (χ1n) is 6.62. The number of carbonyl (C=O) groups excluding carboxylic acids is 1. The second-order valence-corrected chi connectivity index (χ2v) is 4.85. The van der Waals surface area contributed by atoms with Gasteiger partial charge in [0.2, 0.25) is 0 Å². The van der Waals surface area contributed by atoms with Crippen LogP contribution in [0, 0.1) is 10.1 Å². The van der Waals surface area contributed by atoms with Crippen LogP contribution in [0.2, 0.25) is 0 Å². The van der Waals surface area contributed by atoms with Crippen LogP contribution >= 0.6 is 0 Å². The van der Waals surface area contributed by atoms with Crippen molar-refractivity contribution in [2.24, 2.45) is 0 Å². The first kappa shape index (κ1) is 16.1. The number of anilines is 1. The highest BCUT2D eigenvalue weighted by Gasteiger charge is 2.15. The lowest BCUT2D eigenvalue weighted by Crippen LogP contribution is -2.27. The summed E-state index contributed by atoms with van der Waals surface area (Å²) < 4.78 is 0. The van der Waals surface area contributed by atoms with Crippen molar-refractivity contribution in [2.45, 2.75) is 13.3 Å². The van der Waals surface area contributed by atoms with Crippen molar-refractivity contribution in [2.75, 3.05) is 38.6 Å². The van der Waals surface area contributed by atoms with Crippen molar-refractivity contribution in [1.29, 1.82) is 0 Å². The fourth-order valence-corrected chi connectivity index (χ4v) is 2.05. The maximum absolute atomic E-state index is 11.0. The van der Waals surface area contributed by atoms with Gasteiger partial charge in [0.1, 0.15) is 0 Å². The highest BCUT2D eigenvalue weighted by Crippen LogP contribution is 2.23. The zero-order valence-electron chi connectivity index (χ0n) is 12.2. The van der Waals surface area contributed by atoms with E-state index in [1.807, 2.05) is 21.0 Å². The molecule has 0 saturated carbocycles. The van der Waals surface area contributed by atoms with E-state index in [0.717, 1.165) is 31.7 Å². The summed E-state index contributed by atoms with van der Waals surface area (Å²) in [5, 5.41) is 10.8. The van der Waals surface area contributed by atoms with Crippen molar-refractivity contribution in [3.05, 3.63) is 33.9 Å². The summed E-state index contributed by atoms with van der Waals surface area (Å²) in [6.45, 7) is 4.65. The molecular weight excluding hydrogens is 258 g/mol. The Balaban J connectivity index is 2.87.